The van der Waals surface area contributed by atoms with E-state index >= 15 is 0 Å². The van der Waals surface area contributed by atoms with E-state index in [9.17, 15) is 18.8 Å². The number of hydrogen-bond donors (Lipinski definition) is 1. The SMILES string of the molecule is COc1ccc(-c2cc(NC(=O)c3ccc[n+]([O-])c3)ccc2OC(F)F)cc1. The lowest BCUT2D eigenvalue weighted by Crippen LogP contribution is -2.27. The van der Waals surface area contributed by atoms with Crippen molar-refractivity contribution in [3.8, 4) is 22.6 Å². The number of benzene rings is 2. The molecule has 3 rings (SSSR count). The van der Waals surface area contributed by atoms with E-state index in [1.54, 1.807) is 24.3 Å². The van der Waals surface area contributed by atoms with Crippen molar-refractivity contribution in [2.75, 3.05) is 12.4 Å². The predicted octanol–water partition coefficient (Wildman–Crippen LogP) is 3.85. The van der Waals surface area contributed by atoms with E-state index in [0.29, 0.717) is 27.3 Å². The fourth-order valence-corrected chi connectivity index (χ4v) is 2.59. The Hall–Kier alpha value is -3.68. The van der Waals surface area contributed by atoms with E-state index in [1.807, 2.05) is 0 Å². The number of amides is 1. The number of methoxy groups -OCH3 is 1. The number of carbonyl (C=O) groups is 1. The summed E-state index contributed by atoms with van der Waals surface area (Å²) < 4.78 is 35.7. The molecule has 0 radical (unpaired) electrons. The van der Waals surface area contributed by atoms with Crippen LogP contribution in [0, 0.1) is 5.21 Å². The highest BCUT2D eigenvalue weighted by Crippen LogP contribution is 2.34. The van der Waals surface area contributed by atoms with Gasteiger partial charge in [-0.3, -0.25) is 4.79 Å². The van der Waals surface area contributed by atoms with Crippen molar-refractivity contribution in [3.63, 3.8) is 0 Å². The first-order valence-corrected chi connectivity index (χ1v) is 8.20. The summed E-state index contributed by atoms with van der Waals surface area (Å²) in [5.41, 5.74) is 1.49. The third-order valence-corrected chi connectivity index (χ3v) is 3.89. The number of halogens is 2. The van der Waals surface area contributed by atoms with E-state index in [0.717, 1.165) is 6.20 Å². The monoisotopic (exact) mass is 386 g/mol. The van der Waals surface area contributed by atoms with E-state index in [2.05, 4.69) is 10.1 Å². The summed E-state index contributed by atoms with van der Waals surface area (Å²) in [6, 6.07) is 14.0. The van der Waals surface area contributed by atoms with Crippen molar-refractivity contribution in [3.05, 3.63) is 77.8 Å². The van der Waals surface area contributed by atoms with Gasteiger partial charge in [-0.1, -0.05) is 12.1 Å². The topological polar surface area (TPSA) is 74.5 Å². The highest BCUT2D eigenvalue weighted by atomic mass is 19.3. The molecule has 1 heterocycles. The molecule has 0 spiro atoms. The molecular formula is C20H16F2N2O4. The molecule has 3 aromatic rings. The zero-order valence-electron chi connectivity index (χ0n) is 14.8. The maximum atomic E-state index is 12.8. The second-order valence-electron chi connectivity index (χ2n) is 5.72. The van der Waals surface area contributed by atoms with Crippen LogP contribution >= 0.6 is 0 Å². The van der Waals surface area contributed by atoms with Gasteiger partial charge in [-0.05, 0) is 42.0 Å². The molecule has 0 aliphatic heterocycles. The fraction of sp³-hybridized carbons (Fsp3) is 0.100. The quantitative estimate of drug-likeness (QED) is 0.516. The molecule has 8 heteroatoms. The van der Waals surface area contributed by atoms with Gasteiger partial charge in [0.15, 0.2) is 12.4 Å². The number of nitrogens with one attached hydrogen (secondary N) is 1. The first-order valence-electron chi connectivity index (χ1n) is 8.20. The molecule has 1 amide bonds. The number of aromatic nitrogens is 1. The van der Waals surface area contributed by atoms with E-state index in [-0.39, 0.29) is 11.3 Å². The van der Waals surface area contributed by atoms with Crippen molar-refractivity contribution in [1.29, 1.82) is 0 Å². The lowest BCUT2D eigenvalue weighted by molar-refractivity contribution is -0.605. The summed E-state index contributed by atoms with van der Waals surface area (Å²) in [5, 5.41) is 14.0. The normalized spacial score (nSPS) is 10.6. The van der Waals surface area contributed by atoms with E-state index in [1.165, 1.54) is 43.6 Å². The van der Waals surface area contributed by atoms with Crippen LogP contribution in [0.3, 0.4) is 0 Å². The first-order chi connectivity index (χ1) is 13.5. The second-order valence-corrected chi connectivity index (χ2v) is 5.72. The van der Waals surface area contributed by atoms with Gasteiger partial charge in [0.2, 0.25) is 0 Å². The summed E-state index contributed by atoms with van der Waals surface area (Å²) in [6.45, 7) is -2.99. The van der Waals surface area contributed by atoms with Crippen molar-refractivity contribution in [2.24, 2.45) is 0 Å². The Balaban J connectivity index is 1.93. The summed E-state index contributed by atoms with van der Waals surface area (Å²) in [5.74, 6) is 0.0724. The van der Waals surface area contributed by atoms with Gasteiger partial charge < -0.3 is 20.0 Å². The molecule has 28 heavy (non-hydrogen) atoms. The Kier molecular flexibility index (Phi) is 5.69. The minimum absolute atomic E-state index is 0.0322. The second kappa shape index (κ2) is 8.34. The Morgan fingerprint density at radius 3 is 2.54 bits per heavy atom. The van der Waals surface area contributed by atoms with Crippen LogP contribution in [-0.4, -0.2) is 19.6 Å². The van der Waals surface area contributed by atoms with Gasteiger partial charge in [0.25, 0.3) is 5.91 Å². The van der Waals surface area contributed by atoms with Gasteiger partial charge in [0, 0.05) is 17.3 Å². The number of pyridine rings is 1. The zero-order chi connectivity index (χ0) is 20.1. The standard InChI is InChI=1S/C20H16F2N2O4/c1-27-16-7-4-13(5-8-16)17-11-15(6-9-18(17)28-20(21)22)23-19(25)14-3-2-10-24(26)12-14/h2-12,20H,1H3,(H,23,25). The van der Waals surface area contributed by atoms with E-state index in [4.69, 9.17) is 4.74 Å². The number of alkyl halides is 2. The van der Waals surface area contributed by atoms with Crippen LogP contribution in [-0.2, 0) is 0 Å². The number of ether oxygens (including phenoxy) is 2. The maximum absolute atomic E-state index is 12.8. The van der Waals surface area contributed by atoms with Crippen molar-refractivity contribution >= 4 is 11.6 Å². The minimum Gasteiger partial charge on any atom is -0.619 e. The van der Waals surface area contributed by atoms with Crippen LogP contribution in [0.5, 0.6) is 11.5 Å². The molecule has 1 aromatic heterocycles. The lowest BCUT2D eigenvalue weighted by atomic mass is 10.0. The molecule has 0 saturated heterocycles. The van der Waals surface area contributed by atoms with Gasteiger partial charge in [0.1, 0.15) is 17.1 Å². The zero-order valence-corrected chi connectivity index (χ0v) is 14.8. The van der Waals surface area contributed by atoms with Crippen molar-refractivity contribution in [2.45, 2.75) is 6.61 Å². The number of rotatable bonds is 6. The van der Waals surface area contributed by atoms with Gasteiger partial charge in [0.05, 0.1) is 7.11 Å². The minimum atomic E-state index is -2.99. The molecule has 2 aromatic carbocycles. The highest BCUT2D eigenvalue weighted by Gasteiger charge is 2.15. The van der Waals surface area contributed by atoms with Crippen molar-refractivity contribution < 1.29 is 27.8 Å². The number of nitrogens with zero attached hydrogens (tertiary/aromatic N) is 1. The Labute approximate surface area is 159 Å². The molecule has 144 valence electrons. The summed E-state index contributed by atoms with van der Waals surface area (Å²) in [7, 11) is 1.52. The van der Waals surface area contributed by atoms with Crippen molar-refractivity contribution in [1.82, 2.24) is 0 Å². The third kappa shape index (κ3) is 4.53. The van der Waals surface area contributed by atoms with Gasteiger partial charge >= 0.3 is 6.61 Å². The fourth-order valence-electron chi connectivity index (χ4n) is 2.59. The maximum Gasteiger partial charge on any atom is 0.387 e. The molecule has 0 fully saturated rings. The first kappa shape index (κ1) is 19.1. The number of carbonyl (C=O) groups excluding carboxylic acids is 1. The largest absolute Gasteiger partial charge is 0.619 e. The molecule has 1 N–H and O–H groups in total. The summed E-state index contributed by atoms with van der Waals surface area (Å²) in [4.78, 5) is 12.3. The molecule has 6 nitrogen and oxygen atoms in total. The van der Waals surface area contributed by atoms with Crippen LogP contribution < -0.4 is 19.5 Å². The average molecular weight is 386 g/mol. The van der Waals surface area contributed by atoms with Crippen LogP contribution in [0.2, 0.25) is 0 Å². The van der Waals surface area contributed by atoms with Crippen LogP contribution in [0.4, 0.5) is 14.5 Å². The van der Waals surface area contributed by atoms with Crippen LogP contribution in [0.15, 0.2) is 67.0 Å². The van der Waals surface area contributed by atoms with Gasteiger partial charge in [-0.25, -0.2) is 0 Å². The molecule has 0 saturated carbocycles. The molecular weight excluding hydrogens is 370 g/mol. The number of anilines is 1. The summed E-state index contributed by atoms with van der Waals surface area (Å²) in [6.07, 6.45) is 2.39. The Morgan fingerprint density at radius 1 is 1.14 bits per heavy atom. The molecule has 0 unspecified atom stereocenters. The Morgan fingerprint density at radius 2 is 1.89 bits per heavy atom. The van der Waals surface area contributed by atoms with Crippen LogP contribution in [0.1, 0.15) is 10.4 Å². The van der Waals surface area contributed by atoms with Crippen LogP contribution in [0.25, 0.3) is 11.1 Å². The predicted molar refractivity (Wildman–Crippen MR) is 98.4 cm³/mol. The van der Waals surface area contributed by atoms with Gasteiger partial charge in [-0.15, -0.1) is 0 Å². The Bertz CT molecular complexity index is 978. The number of hydrogen-bond acceptors (Lipinski definition) is 4. The lowest BCUT2D eigenvalue weighted by Gasteiger charge is -2.14. The molecule has 0 aliphatic carbocycles. The summed E-state index contributed by atoms with van der Waals surface area (Å²) >= 11 is 0. The molecule has 0 atom stereocenters. The van der Waals surface area contributed by atoms with Gasteiger partial charge in [-0.2, -0.15) is 13.5 Å². The smallest absolute Gasteiger partial charge is 0.387 e. The molecule has 0 aliphatic rings. The highest BCUT2D eigenvalue weighted by molar-refractivity contribution is 6.04. The third-order valence-electron chi connectivity index (χ3n) is 3.89. The molecule has 0 bridgehead atoms. The average Bonchev–Trinajstić information content (AvgIpc) is 2.69. The van der Waals surface area contributed by atoms with E-state index < -0.39 is 12.5 Å².